The molecule has 0 spiro atoms. The van der Waals surface area contributed by atoms with Crippen molar-refractivity contribution in [3.63, 3.8) is 0 Å². The van der Waals surface area contributed by atoms with Crippen LogP contribution in [0.4, 0.5) is 32.1 Å². The van der Waals surface area contributed by atoms with Gasteiger partial charge >= 0.3 is 7.12 Å². The Kier molecular flexibility index (Phi) is 46.2. The molecule has 0 amide bonds. The topological polar surface area (TPSA) is 493 Å². The fourth-order valence-corrected chi connectivity index (χ4v) is 17.7. The standard InChI is InChI=1S/C23H34N6O3SSi.C17H21FN4OSi.C12H18ClN3OSi.C9H12ClN3Si.C7H5ClN2.C6H14N2O2S.C5H5BFNO2.C4H3BrClN3.C4H4ClN3.CH4/c1-33(30,31)29-11-6-7-18(16-29)26-22-19(8-5-10-24-22)21-15-25-20-9-12-28(23(20)27-21)17-32-13-14-34(2,3)4;1-24(2,3)10-9-23-12-22-8-6-14-17(22)21-15(11-20-14)13-5-4-7-19-16(13)18;1-18(2,3)7-6-17-9-16-5-4-10-12(16)15-11(13)8-14-10;1-14(2,3)5-4-7-9(11)13-8(10)6-12-7;8-7-4-9-5-2-1-3-6(5)10-7;1-11(9,10)8-4-2-3-6(7)5-8;7-5-4(6(9)10)2-1-3-8-5;5-3-4(7)9-2(6)1-8-3;5-3-1-7-2-4(6)8-3;/h5,8-10,12,15,18H,6-7,11,13-14,16-17H2,1-4H3,(H,24,26);4-8,11H,9-10,12H2,1-3H3;4-5,8H,6-7,9H2,1-3H3;6H,1-3H3,(H2,11,13);1-2,4H,3H2;6H,2-5,7H2,1H3;1-3,9-10H;1H,(H2,7,9);1-2H,(H2,6,8);1H4/t18-;;;;;6-;;;;/m0....0..../s1. The molecule has 2 aliphatic heterocycles. The molecule has 0 saturated carbocycles. The van der Waals surface area contributed by atoms with Gasteiger partial charge in [-0.2, -0.15) is 8.78 Å². The molecule has 36 nitrogen and oxygen atoms in total. The summed E-state index contributed by atoms with van der Waals surface area (Å²) in [7, 11) is -12.7. The summed E-state index contributed by atoms with van der Waals surface area (Å²) in [5.41, 5.74) is 34.1. The van der Waals surface area contributed by atoms with Crippen LogP contribution in [-0.4, -0.2) is 244 Å². The molecule has 0 radical (unpaired) electrons. The van der Waals surface area contributed by atoms with E-state index in [0.29, 0.717) is 128 Å². The third-order valence-corrected chi connectivity index (χ3v) is 29.5. The van der Waals surface area contributed by atoms with Crippen LogP contribution in [0.15, 0.2) is 152 Å². The van der Waals surface area contributed by atoms with E-state index in [1.165, 1.54) is 76.5 Å². The maximum absolute atomic E-state index is 13.9. The van der Waals surface area contributed by atoms with E-state index in [-0.39, 0.29) is 25.0 Å². The Bertz CT molecular complexity index is 6480. The zero-order valence-electron chi connectivity index (χ0n) is 79.1. The predicted octanol–water partition coefficient (Wildman–Crippen LogP) is 15.7. The van der Waals surface area contributed by atoms with Crippen LogP contribution in [-0.2, 0) is 60.9 Å². The number of hydrogen-bond acceptors (Lipinski definition) is 31. The minimum absolute atomic E-state index is 0. The average Bonchev–Trinajstić information content (AvgIpc) is 1.69. The van der Waals surface area contributed by atoms with Crippen molar-refractivity contribution in [3.05, 3.63) is 207 Å². The lowest BCUT2D eigenvalue weighted by molar-refractivity contribution is 0.0898. The van der Waals surface area contributed by atoms with E-state index in [4.69, 9.17) is 110 Å². The summed E-state index contributed by atoms with van der Waals surface area (Å²) in [6.45, 7) is 33.2. The van der Waals surface area contributed by atoms with Crippen molar-refractivity contribution in [2.45, 2.75) is 169 Å². The second kappa shape index (κ2) is 55.2. The van der Waals surface area contributed by atoms with Crippen molar-refractivity contribution in [1.82, 2.24) is 107 Å². The quantitative estimate of drug-likeness (QED) is 0.0143. The molecule has 13 aromatic rings. The van der Waals surface area contributed by atoms with Gasteiger partial charge in [0.2, 0.25) is 31.9 Å². The van der Waals surface area contributed by atoms with Gasteiger partial charge in [-0.3, -0.25) is 19.9 Å². The van der Waals surface area contributed by atoms with Crippen molar-refractivity contribution < 1.29 is 49.9 Å². The number of halogens is 8. The van der Waals surface area contributed by atoms with Gasteiger partial charge in [-0.05, 0) is 114 Å². The molecule has 2 fully saturated rings. The van der Waals surface area contributed by atoms with Crippen LogP contribution in [0, 0.1) is 23.4 Å². The van der Waals surface area contributed by atoms with E-state index < -0.39 is 71.4 Å². The number of piperidine rings is 2. The number of nitrogens with one attached hydrogen (secondary N) is 1. The first-order chi connectivity index (χ1) is 64.9. The number of fused-ring (bicyclic) bond motifs is 4. The number of rotatable bonds is 22. The Hall–Kier alpha value is -9.57. The fraction of sp³-hybridized carbons (Fsp3) is 0.398. The van der Waals surface area contributed by atoms with E-state index in [1.807, 2.05) is 74.8 Å². The number of anilines is 4. The molecule has 3 aliphatic rings. The fourth-order valence-electron chi connectivity index (χ4n) is 12.2. The Morgan fingerprint density at radius 2 is 0.986 bits per heavy atom. The zero-order valence-corrected chi connectivity index (χ0v) is 90.1. The number of sulfonamides is 2. The molecule has 0 unspecified atom stereocenters. The monoisotopic (exact) mass is 2180 g/mol. The van der Waals surface area contributed by atoms with Gasteiger partial charge in [-0.1, -0.05) is 162 Å². The van der Waals surface area contributed by atoms with E-state index in [9.17, 15) is 25.6 Å². The molecule has 1 aliphatic carbocycles. The summed E-state index contributed by atoms with van der Waals surface area (Å²) >= 11 is 31.0. The third kappa shape index (κ3) is 41.5. The number of nitrogen functional groups attached to an aromatic ring is 3. The van der Waals surface area contributed by atoms with Gasteiger partial charge in [-0.25, -0.2) is 90.2 Å². The normalized spacial score (nSPS) is 14.2. The van der Waals surface area contributed by atoms with Gasteiger partial charge in [0.05, 0.1) is 90.4 Å². The summed E-state index contributed by atoms with van der Waals surface area (Å²) in [5.74, 6) is 3.17. The first-order valence-electron chi connectivity index (χ1n) is 43.4. The molecule has 15 heterocycles. The summed E-state index contributed by atoms with van der Waals surface area (Å²) in [5, 5.41) is 22.2. The molecule has 13 aromatic heterocycles. The smallest absolute Gasteiger partial charge is 0.423 e. The summed E-state index contributed by atoms with van der Waals surface area (Å²) in [6, 6.07) is 19.0. The largest absolute Gasteiger partial charge is 0.493 e. The van der Waals surface area contributed by atoms with Gasteiger partial charge < -0.3 is 66.2 Å². The maximum atomic E-state index is 13.9. The Balaban J connectivity index is 0.000000222. The highest BCUT2D eigenvalue weighted by Crippen LogP contribution is 2.30. The third-order valence-electron chi connectivity index (χ3n) is 19.4. The lowest BCUT2D eigenvalue weighted by Gasteiger charge is -2.32. The van der Waals surface area contributed by atoms with Crippen molar-refractivity contribution in [1.29, 1.82) is 0 Å². The minimum Gasteiger partial charge on any atom is -0.423 e. The molecular weight excluding hydrogens is 2060 g/mol. The first-order valence-corrected chi connectivity index (χ1v) is 64.4. The van der Waals surface area contributed by atoms with E-state index >= 15 is 0 Å². The van der Waals surface area contributed by atoms with Gasteiger partial charge in [-0.15, -0.1) is 5.54 Å². The van der Waals surface area contributed by atoms with Crippen molar-refractivity contribution in [2.24, 2.45) is 5.73 Å². The second-order valence-corrected chi connectivity index (χ2v) is 64.3. The summed E-state index contributed by atoms with van der Waals surface area (Å²) < 4.78 is 98.9. The highest BCUT2D eigenvalue weighted by Gasteiger charge is 2.29. The second-order valence-electron chi connectivity index (χ2n) is 36.0. The van der Waals surface area contributed by atoms with Crippen LogP contribution in [0.5, 0.6) is 0 Å². The lowest BCUT2D eigenvalue weighted by Crippen LogP contribution is -2.45. The Morgan fingerprint density at radius 1 is 0.532 bits per heavy atom. The van der Waals surface area contributed by atoms with Crippen LogP contribution in [0.2, 0.25) is 122 Å². The number of hydrogen-bond donors (Lipinski definition) is 7. The van der Waals surface area contributed by atoms with Crippen LogP contribution < -0.4 is 33.7 Å². The lowest BCUT2D eigenvalue weighted by atomic mass is 9.81. The number of pyridine rings is 3. The highest BCUT2D eigenvalue weighted by molar-refractivity contribution is 9.10. The molecule has 139 heavy (non-hydrogen) atoms. The molecule has 0 bridgehead atoms. The van der Waals surface area contributed by atoms with Gasteiger partial charge in [0.25, 0.3) is 0 Å². The molecule has 2 saturated heterocycles. The minimum atomic E-state index is -3.22. The van der Waals surface area contributed by atoms with Crippen molar-refractivity contribution in [2.75, 3.05) is 81.0 Å². The number of aromatic nitrogens is 20. The van der Waals surface area contributed by atoms with E-state index in [2.05, 4.69) is 191 Å². The molecular formula is C88H120BBrCl5F2N27O9S2Si4. The van der Waals surface area contributed by atoms with Gasteiger partial charge in [0.15, 0.2) is 34.3 Å². The van der Waals surface area contributed by atoms with Crippen molar-refractivity contribution in [3.8, 4) is 34.0 Å². The van der Waals surface area contributed by atoms with Gasteiger partial charge in [0.1, 0.15) is 86.8 Å². The SMILES string of the molecule is C.CS(=O)(=O)N1CCC[C@H](N)C1.C[Si](C)(C)C#Cc1ncc(Cl)nc1N.C[Si](C)(C)CCOCn1ccc2ncc(-c3cccnc3F)nc21.C[Si](C)(C)CCOCn1ccc2ncc(-c3cccnc3N[C@H]3CCCN(S(C)(=O)=O)C3)nc21.C[Si](C)(C)CCOCn1ccc2ncc(Cl)nc21.Clc1cnc2c(n1)CC=C2.Nc1cncc(Cl)n1.Nc1nc(Cl)cnc1Br.OB(O)c1cccnc1F. The molecule has 0 aromatic carbocycles. The molecule has 51 heteroatoms. The predicted molar refractivity (Wildman–Crippen MR) is 566 cm³/mol. The molecule has 11 N–H and O–H groups in total. The highest BCUT2D eigenvalue weighted by atomic mass is 79.9. The summed E-state index contributed by atoms with van der Waals surface area (Å²) in [4.78, 5) is 69.1. The molecule has 16 rings (SSSR count). The number of nitrogens with two attached hydrogens (primary N) is 4. The maximum Gasteiger partial charge on any atom is 0.493 e. The molecule has 748 valence electrons. The van der Waals surface area contributed by atoms with E-state index in [0.717, 1.165) is 109 Å². The molecule has 2 atom stereocenters. The van der Waals surface area contributed by atoms with Crippen LogP contribution >= 0.6 is 73.9 Å². The van der Waals surface area contributed by atoms with Crippen molar-refractivity contribution >= 4 is 202 Å². The van der Waals surface area contributed by atoms with E-state index in [1.54, 1.807) is 43.1 Å². The Morgan fingerprint density at radius 3 is 1.45 bits per heavy atom. The van der Waals surface area contributed by atoms with Crippen LogP contribution in [0.25, 0.3) is 62.1 Å². The summed E-state index contributed by atoms with van der Waals surface area (Å²) in [6.07, 6.45) is 33.2. The van der Waals surface area contributed by atoms with Crippen LogP contribution in [0.1, 0.15) is 50.2 Å². The average molecular weight is 2180 g/mol. The number of ether oxygens (including phenoxy) is 3. The zero-order chi connectivity index (χ0) is 101. The van der Waals surface area contributed by atoms with Gasteiger partial charge in [0, 0.05) is 137 Å². The number of allylic oxidation sites excluding steroid dienone is 1. The number of nitrogens with zero attached hydrogens (tertiary/aromatic N) is 22. The first kappa shape index (κ1) is 116. The Labute approximate surface area is 848 Å². The van der Waals surface area contributed by atoms with Crippen LogP contribution in [0.3, 0.4) is 0 Å².